The van der Waals surface area contributed by atoms with Crippen molar-refractivity contribution < 1.29 is 23.4 Å². The van der Waals surface area contributed by atoms with E-state index in [1.807, 2.05) is 6.92 Å². The minimum Gasteiger partial charge on any atom is -0.444 e. The summed E-state index contributed by atoms with van der Waals surface area (Å²) in [5.74, 6) is -0.735. The number of benzene rings is 1. The summed E-state index contributed by atoms with van der Waals surface area (Å²) in [6, 6.07) is 4.04. The van der Waals surface area contributed by atoms with Crippen LogP contribution in [0.25, 0.3) is 0 Å². The number of halogens is 2. The Bertz CT molecular complexity index is 854. The van der Waals surface area contributed by atoms with Crippen molar-refractivity contribution in [1.29, 1.82) is 0 Å². The summed E-state index contributed by atoms with van der Waals surface area (Å²) >= 11 is 0. The van der Waals surface area contributed by atoms with Gasteiger partial charge < -0.3 is 20.5 Å². The lowest BCUT2D eigenvalue weighted by molar-refractivity contribution is 0.0422. The Balaban J connectivity index is 2.05. The Kier molecular flexibility index (Phi) is 8.82. The Hall–Kier alpha value is -2.65. The average molecular weight is 437 g/mol. The van der Waals surface area contributed by atoms with Gasteiger partial charge in [-0.15, -0.1) is 0 Å². The lowest BCUT2D eigenvalue weighted by Crippen LogP contribution is -2.50. The number of aliphatic hydroxyl groups excluding tert-OH is 1. The van der Waals surface area contributed by atoms with Gasteiger partial charge in [-0.1, -0.05) is 6.92 Å². The number of alkyl carbamates (subject to hydrolysis) is 1. The van der Waals surface area contributed by atoms with Crippen molar-refractivity contribution in [2.24, 2.45) is 0 Å². The molecule has 0 saturated carbocycles. The fourth-order valence-corrected chi connectivity index (χ4v) is 2.93. The number of aliphatic hydroxyl groups is 1. The molecule has 0 radical (unpaired) electrons. The predicted molar refractivity (Wildman–Crippen MR) is 112 cm³/mol. The van der Waals surface area contributed by atoms with Gasteiger partial charge in [-0.2, -0.15) is 0 Å². The van der Waals surface area contributed by atoms with E-state index in [-0.39, 0.29) is 13.0 Å². The molecule has 2 unspecified atom stereocenters. The number of ether oxygens (including phenoxy) is 1. The van der Waals surface area contributed by atoms with Crippen molar-refractivity contribution >= 4 is 6.09 Å². The lowest BCUT2D eigenvalue weighted by Gasteiger charge is -2.27. The van der Waals surface area contributed by atoms with Crippen LogP contribution in [0.5, 0.6) is 0 Å². The van der Waals surface area contributed by atoms with Crippen LogP contribution in [0.15, 0.2) is 30.5 Å². The summed E-state index contributed by atoms with van der Waals surface area (Å²) in [5.41, 5.74) is 0.344. The number of aromatic nitrogens is 2. The second-order valence-electron chi connectivity index (χ2n) is 8.25. The molecular weight excluding hydrogens is 406 g/mol. The largest absolute Gasteiger partial charge is 0.444 e. The van der Waals surface area contributed by atoms with Crippen LogP contribution in [0.2, 0.25) is 0 Å². The number of hydrogen-bond acceptors (Lipinski definition) is 6. The third-order valence-electron chi connectivity index (χ3n) is 4.28. The van der Waals surface area contributed by atoms with E-state index in [9.17, 15) is 18.7 Å². The third kappa shape index (κ3) is 8.94. The van der Waals surface area contributed by atoms with Crippen molar-refractivity contribution in [1.82, 2.24) is 20.6 Å². The zero-order valence-corrected chi connectivity index (χ0v) is 18.3. The Morgan fingerprint density at radius 2 is 1.90 bits per heavy atom. The van der Waals surface area contributed by atoms with E-state index in [0.29, 0.717) is 18.5 Å². The van der Waals surface area contributed by atoms with Gasteiger partial charge in [-0.05, 0) is 51.0 Å². The number of carbonyl (C=O) groups is 1. The minimum atomic E-state index is -1.05. The normalized spacial score (nSPS) is 13.5. The number of nitrogens with one attached hydrogen (secondary N) is 2. The van der Waals surface area contributed by atoms with E-state index in [2.05, 4.69) is 20.6 Å². The van der Waals surface area contributed by atoms with Crippen molar-refractivity contribution in [3.8, 4) is 0 Å². The monoisotopic (exact) mass is 436 g/mol. The van der Waals surface area contributed by atoms with E-state index in [4.69, 9.17) is 4.74 Å². The van der Waals surface area contributed by atoms with Crippen LogP contribution in [0.4, 0.5) is 13.6 Å². The van der Waals surface area contributed by atoms with E-state index < -0.39 is 35.5 Å². The molecule has 9 heteroatoms. The molecule has 2 rings (SSSR count). The molecular formula is C22H30F2N4O3. The average Bonchev–Trinajstić information content (AvgIpc) is 2.65. The molecule has 1 aromatic carbocycles. The second kappa shape index (κ2) is 11.1. The number of hydrogen-bond donors (Lipinski definition) is 3. The SMILES string of the molecule is CCc1nccc(CNCC(O)C(Cc2cc(F)cc(F)c2)NC(=O)OC(C)(C)C)n1. The van der Waals surface area contributed by atoms with Gasteiger partial charge in [0.1, 0.15) is 23.1 Å². The zero-order chi connectivity index (χ0) is 23.0. The van der Waals surface area contributed by atoms with Gasteiger partial charge in [0.15, 0.2) is 0 Å². The van der Waals surface area contributed by atoms with Gasteiger partial charge in [0, 0.05) is 31.8 Å². The molecule has 3 N–H and O–H groups in total. The first-order valence-electron chi connectivity index (χ1n) is 10.2. The van der Waals surface area contributed by atoms with Crippen LogP contribution in [0.1, 0.15) is 44.8 Å². The Morgan fingerprint density at radius 3 is 2.52 bits per heavy atom. The summed E-state index contributed by atoms with van der Waals surface area (Å²) in [6.45, 7) is 7.61. The number of nitrogens with zero attached hydrogens (tertiary/aromatic N) is 2. The molecule has 170 valence electrons. The quantitative estimate of drug-likeness (QED) is 0.559. The van der Waals surface area contributed by atoms with Gasteiger partial charge >= 0.3 is 6.09 Å². The first kappa shape index (κ1) is 24.6. The van der Waals surface area contributed by atoms with Gasteiger partial charge in [-0.3, -0.25) is 0 Å². The predicted octanol–water partition coefficient (Wildman–Crippen LogP) is 2.90. The van der Waals surface area contributed by atoms with E-state index in [1.54, 1.807) is 33.0 Å². The van der Waals surface area contributed by atoms with E-state index in [1.165, 1.54) is 12.1 Å². The number of carbonyl (C=O) groups excluding carboxylic acids is 1. The highest BCUT2D eigenvalue weighted by atomic mass is 19.1. The first-order valence-corrected chi connectivity index (χ1v) is 10.2. The highest BCUT2D eigenvalue weighted by molar-refractivity contribution is 5.68. The molecule has 0 aliphatic heterocycles. The van der Waals surface area contributed by atoms with Crippen molar-refractivity contribution in [2.75, 3.05) is 6.54 Å². The highest BCUT2D eigenvalue weighted by Crippen LogP contribution is 2.13. The molecule has 7 nitrogen and oxygen atoms in total. The van der Waals surface area contributed by atoms with Gasteiger partial charge in [0.05, 0.1) is 17.8 Å². The van der Waals surface area contributed by atoms with Crippen molar-refractivity contribution in [3.63, 3.8) is 0 Å². The first-order chi connectivity index (χ1) is 14.6. The lowest BCUT2D eigenvalue weighted by atomic mass is 10.0. The molecule has 31 heavy (non-hydrogen) atoms. The maximum Gasteiger partial charge on any atom is 0.407 e. The topological polar surface area (TPSA) is 96.4 Å². The number of amides is 1. The molecule has 2 atom stereocenters. The summed E-state index contributed by atoms with van der Waals surface area (Å²) in [7, 11) is 0. The summed E-state index contributed by atoms with van der Waals surface area (Å²) in [6.07, 6.45) is 0.625. The van der Waals surface area contributed by atoms with Gasteiger partial charge in [0.25, 0.3) is 0 Å². The standard InChI is InChI=1S/C22H30F2N4O3/c1-5-20-26-7-6-17(27-20)12-25-13-19(29)18(28-21(30)31-22(2,3)4)10-14-8-15(23)11-16(24)9-14/h6-9,11,18-19,25,29H,5,10,12-13H2,1-4H3,(H,28,30). The van der Waals surface area contributed by atoms with E-state index in [0.717, 1.165) is 17.6 Å². The maximum absolute atomic E-state index is 13.6. The fraction of sp³-hybridized carbons (Fsp3) is 0.500. The summed E-state index contributed by atoms with van der Waals surface area (Å²) in [5, 5.41) is 16.4. The smallest absolute Gasteiger partial charge is 0.407 e. The van der Waals surface area contributed by atoms with E-state index >= 15 is 0 Å². The molecule has 0 aliphatic carbocycles. The zero-order valence-electron chi connectivity index (χ0n) is 18.3. The molecule has 1 aromatic heterocycles. The molecule has 0 saturated heterocycles. The van der Waals surface area contributed by atoms with Crippen molar-refractivity contribution in [3.05, 3.63) is 59.2 Å². The fourth-order valence-electron chi connectivity index (χ4n) is 2.93. The van der Waals surface area contributed by atoms with Crippen LogP contribution in [-0.4, -0.2) is 45.5 Å². The molecule has 1 heterocycles. The van der Waals surface area contributed by atoms with Crippen molar-refractivity contribution in [2.45, 2.75) is 64.8 Å². The molecule has 0 fully saturated rings. The number of aryl methyl sites for hydroxylation is 1. The van der Waals surface area contributed by atoms with Crippen LogP contribution in [0.3, 0.4) is 0 Å². The number of rotatable bonds is 9. The second-order valence-corrected chi connectivity index (χ2v) is 8.25. The maximum atomic E-state index is 13.6. The minimum absolute atomic E-state index is 0.0181. The Labute approximate surface area is 181 Å². The van der Waals surface area contributed by atoms with Crippen LogP contribution in [0, 0.1) is 11.6 Å². The van der Waals surface area contributed by atoms with Crippen LogP contribution >= 0.6 is 0 Å². The highest BCUT2D eigenvalue weighted by Gasteiger charge is 2.25. The molecule has 0 spiro atoms. The Morgan fingerprint density at radius 1 is 1.23 bits per heavy atom. The third-order valence-corrected chi connectivity index (χ3v) is 4.28. The molecule has 2 aromatic rings. The van der Waals surface area contributed by atoms with Crippen LogP contribution in [-0.2, 0) is 24.1 Å². The summed E-state index contributed by atoms with van der Waals surface area (Å²) < 4.78 is 32.4. The van der Waals surface area contributed by atoms with Crippen LogP contribution < -0.4 is 10.6 Å². The molecule has 0 bridgehead atoms. The molecule has 0 aliphatic rings. The van der Waals surface area contributed by atoms with Gasteiger partial charge in [0.2, 0.25) is 0 Å². The molecule has 1 amide bonds. The van der Waals surface area contributed by atoms with Gasteiger partial charge in [-0.25, -0.2) is 23.5 Å². The summed E-state index contributed by atoms with van der Waals surface area (Å²) in [4.78, 5) is 20.8.